The van der Waals surface area contributed by atoms with Gasteiger partial charge in [0.1, 0.15) is 17.5 Å². The standard InChI is InChI=1S/C23H29NO4/c1-4-9-24-10-8-23-14-21(25)17(22(26)28-5-2)13-19(23)20(24)11-15-6-7-16(27-3)12-18(15)23/h4,6-7,12,17,19-20H,1,5,8-11,13-14H2,2-3H3/t17?,19-,20+,23+/m0/s1. The second-order valence-corrected chi connectivity index (χ2v) is 8.27. The maximum Gasteiger partial charge on any atom is 0.316 e. The minimum absolute atomic E-state index is 0.0290. The van der Waals surface area contributed by atoms with Crippen LogP contribution in [0, 0.1) is 11.8 Å². The van der Waals surface area contributed by atoms with Crippen molar-refractivity contribution in [2.75, 3.05) is 26.8 Å². The number of ketones is 1. The molecule has 0 amide bonds. The van der Waals surface area contributed by atoms with Crippen LogP contribution in [-0.2, 0) is 26.2 Å². The van der Waals surface area contributed by atoms with Gasteiger partial charge in [-0.25, -0.2) is 0 Å². The normalized spacial score (nSPS) is 31.5. The second-order valence-electron chi connectivity index (χ2n) is 8.27. The lowest BCUT2D eigenvalue weighted by Gasteiger charge is -2.59. The summed E-state index contributed by atoms with van der Waals surface area (Å²) in [5, 5.41) is 0. The topological polar surface area (TPSA) is 55.8 Å². The number of fused-ring (bicyclic) bond motifs is 1. The zero-order valence-electron chi connectivity index (χ0n) is 16.8. The third-order valence-corrected chi connectivity index (χ3v) is 7.07. The van der Waals surface area contributed by atoms with Crippen LogP contribution in [0.25, 0.3) is 0 Å². The zero-order valence-corrected chi connectivity index (χ0v) is 16.8. The van der Waals surface area contributed by atoms with Gasteiger partial charge < -0.3 is 9.47 Å². The highest BCUT2D eigenvalue weighted by Crippen LogP contribution is 2.56. The van der Waals surface area contributed by atoms with Gasteiger partial charge in [0.2, 0.25) is 0 Å². The Morgan fingerprint density at radius 1 is 1.43 bits per heavy atom. The smallest absolute Gasteiger partial charge is 0.316 e. The predicted octanol–water partition coefficient (Wildman–Crippen LogP) is 2.91. The van der Waals surface area contributed by atoms with Crippen molar-refractivity contribution in [2.45, 2.75) is 44.1 Å². The first-order valence-electron chi connectivity index (χ1n) is 10.3. The molecule has 1 saturated heterocycles. The summed E-state index contributed by atoms with van der Waals surface area (Å²) in [5.41, 5.74) is 2.35. The molecule has 0 N–H and O–H groups in total. The number of carbonyl (C=O) groups excluding carboxylic acids is 2. The Morgan fingerprint density at radius 3 is 2.96 bits per heavy atom. The summed E-state index contributed by atoms with van der Waals surface area (Å²) >= 11 is 0. The molecule has 1 saturated carbocycles. The molecule has 4 atom stereocenters. The van der Waals surface area contributed by atoms with Crippen LogP contribution in [0.15, 0.2) is 30.9 Å². The molecular weight excluding hydrogens is 354 g/mol. The van der Waals surface area contributed by atoms with E-state index in [1.54, 1.807) is 14.0 Å². The van der Waals surface area contributed by atoms with Crippen LogP contribution < -0.4 is 4.74 Å². The van der Waals surface area contributed by atoms with Gasteiger partial charge in [0.05, 0.1) is 13.7 Å². The Bertz CT molecular complexity index is 804. The number of hydrogen-bond acceptors (Lipinski definition) is 5. The van der Waals surface area contributed by atoms with E-state index in [1.165, 1.54) is 11.1 Å². The number of hydrogen-bond donors (Lipinski definition) is 0. The SMILES string of the molecule is C=CCN1CC[C@]23CC(=O)C(C(=O)OCC)C[C@H]2[C@H]1Cc1ccc(OC)cc13. The molecule has 1 aromatic rings. The van der Waals surface area contributed by atoms with E-state index in [9.17, 15) is 9.59 Å². The van der Waals surface area contributed by atoms with Crippen molar-refractivity contribution in [3.8, 4) is 5.75 Å². The molecule has 2 bridgehead atoms. The number of esters is 1. The van der Waals surface area contributed by atoms with Crippen molar-refractivity contribution in [3.63, 3.8) is 0 Å². The monoisotopic (exact) mass is 383 g/mol. The van der Waals surface area contributed by atoms with Crippen molar-refractivity contribution in [1.29, 1.82) is 0 Å². The highest BCUT2D eigenvalue weighted by Gasteiger charge is 2.58. The lowest BCUT2D eigenvalue weighted by molar-refractivity contribution is -0.157. The fourth-order valence-electron chi connectivity index (χ4n) is 5.85. The summed E-state index contributed by atoms with van der Waals surface area (Å²) in [6.07, 6.45) is 4.80. The molecule has 1 aliphatic heterocycles. The van der Waals surface area contributed by atoms with Crippen LogP contribution in [0.3, 0.4) is 0 Å². The lowest BCUT2D eigenvalue weighted by Crippen LogP contribution is -2.63. The molecule has 0 radical (unpaired) electrons. The molecule has 0 aromatic heterocycles. The first-order valence-corrected chi connectivity index (χ1v) is 10.3. The highest BCUT2D eigenvalue weighted by molar-refractivity contribution is 6.00. The van der Waals surface area contributed by atoms with E-state index in [-0.39, 0.29) is 23.1 Å². The van der Waals surface area contributed by atoms with Gasteiger partial charge in [-0.15, -0.1) is 6.58 Å². The molecule has 0 spiro atoms. The maximum absolute atomic E-state index is 13.1. The van der Waals surface area contributed by atoms with Gasteiger partial charge in [0.15, 0.2) is 0 Å². The molecule has 1 unspecified atom stereocenters. The third-order valence-electron chi connectivity index (χ3n) is 7.07. The molecule has 3 aliphatic rings. The number of methoxy groups -OCH3 is 1. The number of nitrogens with zero attached hydrogens (tertiary/aromatic N) is 1. The quantitative estimate of drug-likeness (QED) is 0.445. The highest BCUT2D eigenvalue weighted by atomic mass is 16.5. The van der Waals surface area contributed by atoms with Crippen LogP contribution in [0.4, 0.5) is 0 Å². The number of carbonyl (C=O) groups is 2. The van der Waals surface area contributed by atoms with Gasteiger partial charge in [0, 0.05) is 24.4 Å². The summed E-state index contributed by atoms with van der Waals surface area (Å²) in [6, 6.07) is 6.60. The van der Waals surface area contributed by atoms with Crippen LogP contribution in [0.2, 0.25) is 0 Å². The summed E-state index contributed by atoms with van der Waals surface area (Å²) in [6.45, 7) is 7.80. The van der Waals surface area contributed by atoms with E-state index < -0.39 is 5.92 Å². The van der Waals surface area contributed by atoms with Gasteiger partial charge in [-0.1, -0.05) is 12.1 Å². The zero-order chi connectivity index (χ0) is 19.9. The van der Waals surface area contributed by atoms with Crippen LogP contribution >= 0.6 is 0 Å². The van der Waals surface area contributed by atoms with Gasteiger partial charge in [-0.05, 0) is 61.9 Å². The van der Waals surface area contributed by atoms with Crippen LogP contribution in [-0.4, -0.2) is 49.5 Å². The Hall–Kier alpha value is -2.14. The average Bonchev–Trinajstić information content (AvgIpc) is 2.69. The molecule has 2 fully saturated rings. The predicted molar refractivity (Wildman–Crippen MR) is 106 cm³/mol. The number of Topliss-reactive ketones (excluding diaryl/α,β-unsaturated/α-hetero) is 1. The molecule has 28 heavy (non-hydrogen) atoms. The summed E-state index contributed by atoms with van der Waals surface area (Å²) in [7, 11) is 1.68. The first kappa shape index (κ1) is 19.2. The largest absolute Gasteiger partial charge is 0.497 e. The van der Waals surface area contributed by atoms with Crippen molar-refractivity contribution in [2.24, 2.45) is 11.8 Å². The molecule has 150 valence electrons. The van der Waals surface area contributed by atoms with Crippen molar-refractivity contribution >= 4 is 11.8 Å². The first-order chi connectivity index (χ1) is 13.5. The van der Waals surface area contributed by atoms with E-state index in [0.29, 0.717) is 25.5 Å². The molecule has 5 nitrogen and oxygen atoms in total. The Kier molecular flexibility index (Phi) is 5.04. The van der Waals surface area contributed by atoms with E-state index in [0.717, 1.165) is 31.7 Å². The summed E-state index contributed by atoms with van der Waals surface area (Å²) in [5.74, 6) is 0.136. The Morgan fingerprint density at radius 2 is 2.25 bits per heavy atom. The lowest BCUT2D eigenvalue weighted by atomic mass is 9.50. The van der Waals surface area contributed by atoms with E-state index in [2.05, 4.69) is 23.6 Å². The number of benzene rings is 1. The Balaban J connectivity index is 1.78. The molecule has 1 aromatic carbocycles. The van der Waals surface area contributed by atoms with Crippen molar-refractivity contribution < 1.29 is 19.1 Å². The van der Waals surface area contributed by atoms with Crippen molar-refractivity contribution in [3.05, 3.63) is 42.0 Å². The average molecular weight is 383 g/mol. The van der Waals surface area contributed by atoms with Crippen LogP contribution in [0.5, 0.6) is 5.75 Å². The van der Waals surface area contributed by atoms with E-state index in [4.69, 9.17) is 9.47 Å². The maximum atomic E-state index is 13.1. The van der Waals surface area contributed by atoms with E-state index in [1.807, 2.05) is 12.1 Å². The fourth-order valence-corrected chi connectivity index (χ4v) is 5.85. The number of piperidine rings is 1. The second kappa shape index (κ2) is 7.36. The van der Waals surface area contributed by atoms with Gasteiger partial charge in [-0.3, -0.25) is 14.5 Å². The number of ether oxygens (including phenoxy) is 2. The van der Waals surface area contributed by atoms with Gasteiger partial charge >= 0.3 is 5.97 Å². The molecule has 2 aliphatic carbocycles. The molecule has 1 heterocycles. The third kappa shape index (κ3) is 2.87. The summed E-state index contributed by atoms with van der Waals surface area (Å²) in [4.78, 5) is 28.0. The number of likely N-dealkylation sites (tertiary alicyclic amines) is 1. The molecular formula is C23H29NO4. The number of rotatable bonds is 5. The van der Waals surface area contributed by atoms with Crippen molar-refractivity contribution in [1.82, 2.24) is 4.90 Å². The van der Waals surface area contributed by atoms with Gasteiger partial charge in [0.25, 0.3) is 0 Å². The summed E-state index contributed by atoms with van der Waals surface area (Å²) < 4.78 is 10.7. The van der Waals surface area contributed by atoms with Crippen LogP contribution in [0.1, 0.15) is 37.3 Å². The Labute approximate surface area is 166 Å². The fraction of sp³-hybridized carbons (Fsp3) is 0.565. The minimum Gasteiger partial charge on any atom is -0.497 e. The van der Waals surface area contributed by atoms with E-state index >= 15 is 0 Å². The molecule has 4 rings (SSSR count). The molecule has 5 heteroatoms. The van der Waals surface area contributed by atoms with Gasteiger partial charge in [-0.2, -0.15) is 0 Å². The minimum atomic E-state index is -0.628.